The molecule has 1 aromatic rings. The molecule has 0 aliphatic heterocycles. The lowest BCUT2D eigenvalue weighted by Crippen LogP contribution is -2.10. The Morgan fingerprint density at radius 3 is 2.67 bits per heavy atom. The van der Waals surface area contributed by atoms with Gasteiger partial charge in [-0.3, -0.25) is 4.79 Å². The Labute approximate surface area is 124 Å². The number of rotatable bonds is 7. The van der Waals surface area contributed by atoms with Gasteiger partial charge in [0, 0.05) is 18.9 Å². The van der Waals surface area contributed by atoms with Crippen molar-refractivity contribution in [1.29, 1.82) is 0 Å². The second-order valence-electron chi connectivity index (χ2n) is 4.99. The number of methoxy groups -OCH3 is 1. The molecule has 1 saturated carbocycles. The lowest BCUT2D eigenvalue weighted by molar-refractivity contribution is -0.134. The monoisotopic (exact) mass is 322 g/mol. The fourth-order valence-corrected chi connectivity index (χ4v) is 3.09. The molecule has 1 fully saturated rings. The van der Waals surface area contributed by atoms with E-state index in [0.717, 1.165) is 24.2 Å². The third kappa shape index (κ3) is 4.03. The minimum Gasteiger partial charge on any atom is -0.492 e. The molecule has 0 amide bonds. The van der Waals surface area contributed by atoms with Crippen LogP contribution in [0.2, 0.25) is 0 Å². The van der Waals surface area contributed by atoms with E-state index >= 15 is 0 Å². The summed E-state index contributed by atoms with van der Waals surface area (Å²) in [6.45, 7) is 0.146. The first-order valence-electron chi connectivity index (χ1n) is 6.64. The quantitative estimate of drug-likeness (QED) is 0.593. The number of nitrogen functional groups attached to an aromatic ring is 1. The van der Waals surface area contributed by atoms with Crippen LogP contribution in [0.3, 0.4) is 0 Å². The van der Waals surface area contributed by atoms with Crippen molar-refractivity contribution in [2.24, 2.45) is 5.92 Å². The topological polar surface area (TPSA) is 64.3 Å². The predicted molar refractivity (Wildman–Crippen MR) is 76.1 cm³/mol. The van der Waals surface area contributed by atoms with Crippen molar-refractivity contribution < 1.29 is 22.7 Å². The van der Waals surface area contributed by atoms with Crippen LogP contribution in [-0.2, 0) is 0 Å². The highest BCUT2D eigenvalue weighted by molar-refractivity contribution is 7.19. The van der Waals surface area contributed by atoms with Crippen molar-refractivity contribution in [2.75, 3.05) is 24.7 Å². The van der Waals surface area contributed by atoms with Gasteiger partial charge < -0.3 is 15.8 Å². The number of carbonyl (C=O) groups is 1. The highest BCUT2D eigenvalue weighted by atomic mass is 32.1. The summed E-state index contributed by atoms with van der Waals surface area (Å²) in [5, 5.41) is 3.39. The normalized spacial score (nSPS) is 15.0. The van der Waals surface area contributed by atoms with Crippen molar-refractivity contribution in [3.63, 3.8) is 0 Å². The molecule has 0 aromatic carbocycles. The Morgan fingerprint density at radius 1 is 1.48 bits per heavy atom. The molecule has 3 N–H and O–H groups in total. The molecule has 1 heterocycles. The molecule has 0 bridgehead atoms. The second kappa shape index (κ2) is 6.13. The van der Waals surface area contributed by atoms with Crippen LogP contribution in [0.25, 0.3) is 0 Å². The molecule has 1 aliphatic carbocycles. The summed E-state index contributed by atoms with van der Waals surface area (Å²) in [4.78, 5) is 12.5. The predicted octanol–water partition coefficient (Wildman–Crippen LogP) is 3.69. The van der Waals surface area contributed by atoms with Crippen LogP contribution >= 0.6 is 11.3 Å². The number of nitrogens with two attached hydrogens (primary N) is 1. The maximum absolute atomic E-state index is 12.1. The zero-order chi connectivity index (χ0) is 15.6. The van der Waals surface area contributed by atoms with E-state index in [0.29, 0.717) is 15.6 Å². The maximum atomic E-state index is 12.1. The molecule has 0 spiro atoms. The van der Waals surface area contributed by atoms with E-state index in [-0.39, 0.29) is 30.4 Å². The maximum Gasteiger partial charge on any atom is 0.389 e. The van der Waals surface area contributed by atoms with Gasteiger partial charge in [-0.15, -0.1) is 11.3 Å². The lowest BCUT2D eigenvalue weighted by atomic mass is 10.2. The Balaban J connectivity index is 2.01. The summed E-state index contributed by atoms with van der Waals surface area (Å²) in [7, 11) is 1.42. The van der Waals surface area contributed by atoms with E-state index in [2.05, 4.69) is 5.32 Å². The Hall–Kier alpha value is -1.44. The number of carbonyl (C=O) groups excluding carboxylic acids is 1. The van der Waals surface area contributed by atoms with Gasteiger partial charge in [0.2, 0.25) is 0 Å². The number of hydrogen-bond donors (Lipinski definition) is 2. The van der Waals surface area contributed by atoms with E-state index in [1.165, 1.54) is 7.11 Å². The van der Waals surface area contributed by atoms with Crippen LogP contribution in [0.5, 0.6) is 5.75 Å². The Morgan fingerprint density at radius 2 is 2.14 bits per heavy atom. The van der Waals surface area contributed by atoms with Crippen LogP contribution < -0.4 is 15.8 Å². The van der Waals surface area contributed by atoms with Crippen LogP contribution in [0.1, 0.15) is 35.4 Å². The SMILES string of the molecule is COc1c(NCCCC(F)(F)F)sc(C(=O)C2CC2)c1N. The van der Waals surface area contributed by atoms with Crippen molar-refractivity contribution in [3.05, 3.63) is 4.88 Å². The van der Waals surface area contributed by atoms with Gasteiger partial charge in [0.05, 0.1) is 17.7 Å². The Bertz CT molecular complexity index is 524. The number of ether oxygens (including phenoxy) is 1. The molecule has 8 heteroatoms. The minimum absolute atomic E-state index is 0.000795. The van der Waals surface area contributed by atoms with Gasteiger partial charge in [0.1, 0.15) is 5.00 Å². The van der Waals surface area contributed by atoms with Crippen molar-refractivity contribution >= 4 is 27.8 Å². The van der Waals surface area contributed by atoms with Crippen molar-refractivity contribution in [1.82, 2.24) is 0 Å². The number of ketones is 1. The summed E-state index contributed by atoms with van der Waals surface area (Å²) in [5.41, 5.74) is 6.17. The van der Waals surface area contributed by atoms with Crippen molar-refractivity contribution in [2.45, 2.75) is 31.9 Å². The summed E-state index contributed by atoms with van der Waals surface area (Å²) >= 11 is 1.15. The number of anilines is 2. The van der Waals surface area contributed by atoms with Gasteiger partial charge in [0.25, 0.3) is 0 Å². The van der Waals surface area contributed by atoms with Gasteiger partial charge in [-0.05, 0) is 19.3 Å². The molecule has 4 nitrogen and oxygen atoms in total. The number of thiophene rings is 1. The fourth-order valence-electron chi connectivity index (χ4n) is 1.95. The van der Waals surface area contributed by atoms with E-state index in [9.17, 15) is 18.0 Å². The standard InChI is InChI=1S/C13H17F3N2O2S/c1-20-10-8(17)11(9(19)7-3-4-7)21-12(10)18-6-2-5-13(14,15)16/h7,18H,2-6,17H2,1H3. The lowest BCUT2D eigenvalue weighted by Gasteiger charge is -2.08. The van der Waals surface area contributed by atoms with E-state index in [1.807, 2.05) is 0 Å². The number of halogens is 3. The average Bonchev–Trinajstić information content (AvgIpc) is 3.18. The van der Waals surface area contributed by atoms with Gasteiger partial charge >= 0.3 is 6.18 Å². The summed E-state index contributed by atoms with van der Waals surface area (Å²) in [6, 6.07) is 0. The molecule has 0 atom stereocenters. The minimum atomic E-state index is -4.16. The molecule has 2 rings (SSSR count). The zero-order valence-electron chi connectivity index (χ0n) is 11.5. The highest BCUT2D eigenvalue weighted by Crippen LogP contribution is 2.46. The van der Waals surface area contributed by atoms with Crippen LogP contribution in [0.4, 0.5) is 23.9 Å². The molecule has 0 unspecified atom stereocenters. The first-order chi connectivity index (χ1) is 9.83. The van der Waals surface area contributed by atoms with E-state index in [4.69, 9.17) is 10.5 Å². The molecule has 118 valence electrons. The first kappa shape index (κ1) is 15.9. The summed E-state index contributed by atoms with van der Waals surface area (Å²) < 4.78 is 41.4. The van der Waals surface area contributed by atoms with Crippen LogP contribution in [0, 0.1) is 5.92 Å². The number of nitrogens with one attached hydrogen (secondary N) is 1. The third-order valence-corrected chi connectivity index (χ3v) is 4.36. The molecule has 1 aromatic heterocycles. The zero-order valence-corrected chi connectivity index (χ0v) is 12.4. The van der Waals surface area contributed by atoms with E-state index < -0.39 is 12.6 Å². The largest absolute Gasteiger partial charge is 0.492 e. The van der Waals surface area contributed by atoms with Crippen molar-refractivity contribution in [3.8, 4) is 5.75 Å². The molecule has 1 aliphatic rings. The van der Waals surface area contributed by atoms with Crippen LogP contribution in [-0.4, -0.2) is 25.6 Å². The number of hydrogen-bond acceptors (Lipinski definition) is 5. The average molecular weight is 322 g/mol. The summed E-state index contributed by atoms with van der Waals surface area (Å²) in [6.07, 6.45) is -3.32. The van der Waals surface area contributed by atoms with Gasteiger partial charge in [-0.2, -0.15) is 13.2 Å². The van der Waals surface area contributed by atoms with Gasteiger partial charge in [0.15, 0.2) is 11.5 Å². The molecule has 0 saturated heterocycles. The highest BCUT2D eigenvalue weighted by Gasteiger charge is 2.34. The first-order valence-corrected chi connectivity index (χ1v) is 7.46. The Kier molecular flexibility index (Phi) is 4.65. The van der Waals surface area contributed by atoms with E-state index in [1.54, 1.807) is 0 Å². The molecular weight excluding hydrogens is 305 g/mol. The molecule has 0 radical (unpaired) electrons. The third-order valence-electron chi connectivity index (χ3n) is 3.20. The second-order valence-corrected chi connectivity index (χ2v) is 6.01. The smallest absolute Gasteiger partial charge is 0.389 e. The summed E-state index contributed by atoms with van der Waals surface area (Å²) in [5.74, 6) is 0.379. The van der Waals surface area contributed by atoms with Gasteiger partial charge in [-0.25, -0.2) is 0 Å². The van der Waals surface area contributed by atoms with Gasteiger partial charge in [-0.1, -0.05) is 0 Å². The van der Waals surface area contributed by atoms with Crippen LogP contribution in [0.15, 0.2) is 0 Å². The number of Topliss-reactive ketones (excluding diaryl/α,β-unsaturated/α-hetero) is 1. The molecular formula is C13H17F3N2O2S. The fraction of sp³-hybridized carbons (Fsp3) is 0.615. The molecule has 21 heavy (non-hydrogen) atoms. The number of alkyl halides is 3.